The highest BCUT2D eigenvalue weighted by Crippen LogP contribution is 2.47. The molecule has 3 atom stereocenters. The van der Waals surface area contributed by atoms with Crippen LogP contribution in [0.3, 0.4) is 0 Å². The first-order chi connectivity index (χ1) is 9.02. The van der Waals surface area contributed by atoms with Crippen molar-refractivity contribution >= 4 is 0 Å². The zero-order valence-electron chi connectivity index (χ0n) is 11.5. The molecule has 1 saturated carbocycles. The fourth-order valence-electron chi connectivity index (χ4n) is 4.09. The van der Waals surface area contributed by atoms with Gasteiger partial charge >= 0.3 is 0 Å². The van der Waals surface area contributed by atoms with Gasteiger partial charge in [0.25, 0.3) is 0 Å². The van der Waals surface area contributed by atoms with Gasteiger partial charge in [-0.3, -0.25) is 0 Å². The summed E-state index contributed by atoms with van der Waals surface area (Å²) < 4.78 is 14.2. The van der Waals surface area contributed by atoms with Crippen LogP contribution in [0, 0.1) is 11.7 Å². The predicted molar refractivity (Wildman–Crippen MR) is 73.7 cm³/mol. The van der Waals surface area contributed by atoms with Gasteiger partial charge in [-0.2, -0.15) is 0 Å². The first-order valence-corrected chi connectivity index (χ1v) is 7.30. The lowest BCUT2D eigenvalue weighted by molar-refractivity contribution is 0.198. The molecule has 3 N–H and O–H groups in total. The molecule has 0 heterocycles. The third-order valence-corrected chi connectivity index (χ3v) is 5.28. The quantitative estimate of drug-likeness (QED) is 0.754. The number of benzene rings is 1. The van der Waals surface area contributed by atoms with Gasteiger partial charge in [-0.15, -0.1) is 0 Å². The Kier molecular flexibility index (Phi) is 3.05. The van der Waals surface area contributed by atoms with Gasteiger partial charge in [-0.05, 0) is 42.4 Å². The van der Waals surface area contributed by atoms with E-state index in [9.17, 15) is 9.50 Å². The summed E-state index contributed by atoms with van der Waals surface area (Å²) in [6, 6.07) is 3.04. The first-order valence-electron chi connectivity index (χ1n) is 7.30. The zero-order valence-corrected chi connectivity index (χ0v) is 11.5. The molecule has 0 spiro atoms. The molecular formula is C16H22FNO. The molecule has 0 unspecified atom stereocenters. The Balaban J connectivity index is 2.17. The molecule has 3 rings (SSSR count). The van der Waals surface area contributed by atoms with Crippen LogP contribution in [0.1, 0.15) is 50.2 Å². The number of rotatable bonds is 0. The summed E-state index contributed by atoms with van der Waals surface area (Å²) in [6.07, 6.45) is 6.36. The maximum absolute atomic E-state index is 14.2. The van der Waals surface area contributed by atoms with Crippen LogP contribution in [0.25, 0.3) is 0 Å². The van der Waals surface area contributed by atoms with E-state index >= 15 is 0 Å². The maximum Gasteiger partial charge on any atom is 0.130 e. The molecule has 0 aliphatic heterocycles. The van der Waals surface area contributed by atoms with Crippen molar-refractivity contribution in [3.63, 3.8) is 0 Å². The summed E-state index contributed by atoms with van der Waals surface area (Å²) in [5, 5.41) is 9.71. The van der Waals surface area contributed by atoms with Crippen molar-refractivity contribution in [1.82, 2.24) is 0 Å². The van der Waals surface area contributed by atoms with E-state index < -0.39 is 0 Å². The van der Waals surface area contributed by atoms with Gasteiger partial charge in [0.05, 0.1) is 0 Å². The molecule has 1 fully saturated rings. The maximum atomic E-state index is 14.2. The summed E-state index contributed by atoms with van der Waals surface area (Å²) in [7, 11) is 0. The van der Waals surface area contributed by atoms with Crippen LogP contribution in [0.15, 0.2) is 12.1 Å². The Bertz CT molecular complexity index is 502. The van der Waals surface area contributed by atoms with Crippen LogP contribution in [0.5, 0.6) is 5.75 Å². The molecule has 0 radical (unpaired) electrons. The van der Waals surface area contributed by atoms with Crippen molar-refractivity contribution in [1.29, 1.82) is 0 Å². The summed E-state index contributed by atoms with van der Waals surface area (Å²) >= 11 is 0. The number of hydrogen-bond donors (Lipinski definition) is 2. The topological polar surface area (TPSA) is 46.2 Å². The second kappa shape index (κ2) is 4.48. The number of phenols is 1. The van der Waals surface area contributed by atoms with Crippen molar-refractivity contribution in [2.75, 3.05) is 0 Å². The summed E-state index contributed by atoms with van der Waals surface area (Å²) in [4.78, 5) is 0. The second-order valence-corrected chi connectivity index (χ2v) is 6.46. The molecule has 2 aliphatic rings. The summed E-state index contributed by atoms with van der Waals surface area (Å²) in [5.41, 5.74) is 8.03. The molecule has 2 bridgehead atoms. The Hall–Kier alpha value is -1.09. The van der Waals surface area contributed by atoms with Crippen LogP contribution in [0.4, 0.5) is 4.39 Å². The predicted octanol–water partition coefficient (Wildman–Crippen LogP) is 3.25. The first kappa shape index (κ1) is 12.9. The smallest absolute Gasteiger partial charge is 0.130 e. The van der Waals surface area contributed by atoms with Crippen LogP contribution >= 0.6 is 0 Å². The van der Waals surface area contributed by atoms with E-state index in [0.717, 1.165) is 36.8 Å². The molecule has 1 aromatic carbocycles. The van der Waals surface area contributed by atoms with E-state index in [2.05, 4.69) is 6.92 Å². The third kappa shape index (κ3) is 1.95. The average Bonchev–Trinajstić information content (AvgIpc) is 2.35. The highest BCUT2D eigenvalue weighted by molar-refractivity contribution is 5.44. The standard InChI is InChI=1S/C16H22FNO/c1-16-6-4-2-3-5-10(15(16)18)7-12-13(16)8-11(19)9-14(12)17/h8-10,15,19H,2-7,18H2,1H3/t10-,15-,16+/m0/s1. The number of halogens is 1. The Morgan fingerprint density at radius 2 is 2.11 bits per heavy atom. The van der Waals surface area contributed by atoms with Crippen molar-refractivity contribution in [3.05, 3.63) is 29.1 Å². The average molecular weight is 263 g/mol. The molecule has 0 amide bonds. The number of fused-ring (bicyclic) bond motifs is 4. The van der Waals surface area contributed by atoms with Gasteiger partial charge in [0, 0.05) is 17.5 Å². The van der Waals surface area contributed by atoms with E-state index in [1.165, 1.54) is 18.9 Å². The Morgan fingerprint density at radius 3 is 2.89 bits per heavy atom. The van der Waals surface area contributed by atoms with Crippen LogP contribution < -0.4 is 5.73 Å². The number of phenolic OH excluding ortho intramolecular Hbond substituents is 1. The number of hydrogen-bond acceptors (Lipinski definition) is 2. The minimum Gasteiger partial charge on any atom is -0.508 e. The van der Waals surface area contributed by atoms with Crippen molar-refractivity contribution in [3.8, 4) is 5.75 Å². The molecular weight excluding hydrogens is 241 g/mol. The van der Waals surface area contributed by atoms with E-state index in [-0.39, 0.29) is 23.0 Å². The number of aromatic hydroxyl groups is 1. The normalized spacial score (nSPS) is 34.3. The second-order valence-electron chi connectivity index (χ2n) is 6.46. The van der Waals surface area contributed by atoms with Gasteiger partial charge in [-0.1, -0.05) is 26.2 Å². The van der Waals surface area contributed by atoms with Crippen LogP contribution in [0.2, 0.25) is 0 Å². The molecule has 0 aromatic heterocycles. The molecule has 3 heteroatoms. The van der Waals surface area contributed by atoms with E-state index in [1.54, 1.807) is 6.07 Å². The van der Waals surface area contributed by atoms with E-state index in [1.807, 2.05) is 0 Å². The summed E-state index contributed by atoms with van der Waals surface area (Å²) in [6.45, 7) is 2.15. The van der Waals surface area contributed by atoms with Gasteiger partial charge in [0.1, 0.15) is 11.6 Å². The lowest BCUT2D eigenvalue weighted by atomic mass is 9.60. The molecule has 0 saturated heterocycles. The van der Waals surface area contributed by atoms with Gasteiger partial charge in [0.15, 0.2) is 0 Å². The SMILES string of the molecule is C[C@@]12CCCCC[C@@H](Cc3c(F)cc(O)cc31)[C@@H]2N. The molecule has 2 aliphatic carbocycles. The summed E-state index contributed by atoms with van der Waals surface area (Å²) in [5.74, 6) is 0.126. The highest BCUT2D eigenvalue weighted by Gasteiger charge is 2.44. The number of nitrogens with two attached hydrogens (primary N) is 1. The molecule has 19 heavy (non-hydrogen) atoms. The van der Waals surface area contributed by atoms with Crippen molar-refractivity contribution in [2.24, 2.45) is 11.7 Å². The van der Waals surface area contributed by atoms with Gasteiger partial charge in [0.2, 0.25) is 0 Å². The largest absolute Gasteiger partial charge is 0.508 e. The zero-order chi connectivity index (χ0) is 13.6. The van der Waals surface area contributed by atoms with E-state index in [4.69, 9.17) is 5.73 Å². The monoisotopic (exact) mass is 263 g/mol. The van der Waals surface area contributed by atoms with Gasteiger partial charge in [-0.25, -0.2) is 4.39 Å². The minimum absolute atomic E-state index is 0.0187. The van der Waals surface area contributed by atoms with Crippen LogP contribution in [-0.4, -0.2) is 11.1 Å². The highest BCUT2D eigenvalue weighted by atomic mass is 19.1. The fourth-order valence-corrected chi connectivity index (χ4v) is 4.09. The Labute approximate surface area is 113 Å². The van der Waals surface area contributed by atoms with Gasteiger partial charge < -0.3 is 10.8 Å². The molecule has 104 valence electrons. The fraction of sp³-hybridized carbons (Fsp3) is 0.625. The van der Waals surface area contributed by atoms with Crippen molar-refractivity contribution < 1.29 is 9.50 Å². The third-order valence-electron chi connectivity index (χ3n) is 5.28. The van der Waals surface area contributed by atoms with Crippen LogP contribution in [-0.2, 0) is 11.8 Å². The minimum atomic E-state index is -0.265. The lowest BCUT2D eigenvalue weighted by Crippen LogP contribution is -2.53. The van der Waals surface area contributed by atoms with Crippen molar-refractivity contribution in [2.45, 2.75) is 56.9 Å². The van der Waals surface area contributed by atoms with E-state index in [0.29, 0.717) is 5.92 Å². The Morgan fingerprint density at radius 1 is 1.32 bits per heavy atom. The lowest BCUT2D eigenvalue weighted by Gasteiger charge is -2.47. The molecule has 2 nitrogen and oxygen atoms in total. The molecule has 1 aromatic rings.